The third-order valence-corrected chi connectivity index (χ3v) is 1.50. The van der Waals surface area contributed by atoms with E-state index in [1.807, 2.05) is 6.08 Å². The van der Waals surface area contributed by atoms with Crippen LogP contribution in [0.5, 0.6) is 0 Å². The smallest absolute Gasteiger partial charge is 0.103 e. The molecule has 0 heterocycles. The minimum Gasteiger partial charge on any atom is -0.379 e. The number of hydrogen-bond acceptors (Lipinski definition) is 1. The second kappa shape index (κ2) is 6.62. The molecule has 11 heavy (non-hydrogen) atoms. The fraction of sp³-hybridized carbons (Fsp3) is 0.625. The van der Waals surface area contributed by atoms with Gasteiger partial charge in [0.05, 0.1) is 25.2 Å². The van der Waals surface area contributed by atoms with Crippen LogP contribution in [-0.4, -0.2) is 34.4 Å². The van der Waals surface area contributed by atoms with Gasteiger partial charge in [-0.05, 0) is 15.9 Å². The monoisotopic (exact) mass is 220 g/mol. The van der Waals surface area contributed by atoms with E-state index < -0.39 is 0 Å². The topological polar surface area (TPSA) is 13.7 Å². The molecule has 2 nitrogen and oxygen atoms in total. The second-order valence-electron chi connectivity index (χ2n) is 2.60. The van der Waals surface area contributed by atoms with E-state index in [0.717, 1.165) is 11.0 Å². The van der Waals surface area contributed by atoms with Crippen LogP contribution >= 0.6 is 15.9 Å². The van der Waals surface area contributed by atoms with Crippen molar-refractivity contribution in [1.29, 1.82) is 0 Å². The number of likely N-dealkylation sites (N-methyl/N-ethyl adjacent to an activating group) is 1. The molecule has 0 radical (unpaired) electrons. The second-order valence-corrected chi connectivity index (χ2v) is 3.55. The van der Waals surface area contributed by atoms with Crippen molar-refractivity contribution in [2.24, 2.45) is 0 Å². The number of quaternary nitrogens is 1. The molecule has 0 amide bonds. The highest BCUT2D eigenvalue weighted by Gasteiger charge is 1.87. The molecule has 0 rings (SSSR count). The van der Waals surface area contributed by atoms with Crippen LogP contribution in [-0.2, 0) is 4.74 Å². The summed E-state index contributed by atoms with van der Waals surface area (Å²) in [5.41, 5.74) is 3.08. The van der Waals surface area contributed by atoms with Crippen molar-refractivity contribution in [1.82, 2.24) is 0 Å². The van der Waals surface area contributed by atoms with E-state index in [0.29, 0.717) is 6.61 Å². The van der Waals surface area contributed by atoms with Crippen LogP contribution in [0.25, 0.3) is 0 Å². The zero-order valence-corrected chi connectivity index (χ0v) is 8.86. The van der Waals surface area contributed by atoms with Crippen LogP contribution in [0.1, 0.15) is 0 Å². The molecule has 0 saturated carbocycles. The number of nitrogens with one attached hydrogen (secondary N) is 1. The van der Waals surface area contributed by atoms with Gasteiger partial charge in [0.1, 0.15) is 6.54 Å². The lowest BCUT2D eigenvalue weighted by Crippen LogP contribution is -3.05. The van der Waals surface area contributed by atoms with E-state index in [-0.39, 0.29) is 0 Å². The standard InChI is InChI=1S/C8H14BrNO/c1-10(2)6-4-5-8(9)7-11-3/h4H,6-7H2,1-3H3/p+1. The van der Waals surface area contributed by atoms with Crippen LogP contribution in [0.4, 0.5) is 0 Å². The predicted molar refractivity (Wildman–Crippen MR) is 50.1 cm³/mol. The lowest BCUT2D eigenvalue weighted by molar-refractivity contribution is -0.851. The molecule has 1 N–H and O–H groups in total. The first-order valence-corrected chi connectivity index (χ1v) is 4.33. The van der Waals surface area contributed by atoms with E-state index in [9.17, 15) is 0 Å². The van der Waals surface area contributed by atoms with Crippen molar-refractivity contribution >= 4 is 15.9 Å². The molecule has 0 saturated heterocycles. The molecule has 0 aliphatic heterocycles. The summed E-state index contributed by atoms with van der Waals surface area (Å²) in [7, 11) is 5.87. The molecular weight excluding hydrogens is 206 g/mol. The molecular formula is C8H15BrNO+. The molecule has 0 aliphatic rings. The number of halogens is 1. The van der Waals surface area contributed by atoms with Crippen LogP contribution in [0.3, 0.4) is 0 Å². The summed E-state index contributed by atoms with van der Waals surface area (Å²) in [6, 6.07) is 0. The predicted octanol–water partition coefficient (Wildman–Crippen LogP) is 0.211. The maximum atomic E-state index is 4.89. The van der Waals surface area contributed by atoms with E-state index in [1.54, 1.807) is 7.11 Å². The summed E-state index contributed by atoms with van der Waals surface area (Å²) in [5.74, 6) is 0. The van der Waals surface area contributed by atoms with Crippen molar-refractivity contribution < 1.29 is 9.64 Å². The molecule has 0 fully saturated rings. The molecule has 0 atom stereocenters. The minimum atomic E-state index is 0.596. The molecule has 0 aliphatic carbocycles. The number of rotatable bonds is 4. The Balaban J connectivity index is 3.75. The fourth-order valence-electron chi connectivity index (χ4n) is 0.534. The Hall–Kier alpha value is -0.0800. The molecule has 0 aromatic heterocycles. The Bertz CT molecular complexity index is 159. The van der Waals surface area contributed by atoms with Crippen LogP contribution in [0.15, 0.2) is 16.3 Å². The first-order chi connectivity index (χ1) is 5.16. The molecule has 3 heteroatoms. The maximum absolute atomic E-state index is 4.89. The Morgan fingerprint density at radius 3 is 2.73 bits per heavy atom. The average molecular weight is 221 g/mol. The number of hydrogen-bond donors (Lipinski definition) is 1. The first-order valence-electron chi connectivity index (χ1n) is 3.54. The highest BCUT2D eigenvalue weighted by molar-refractivity contribution is 9.11. The Morgan fingerprint density at radius 2 is 2.27 bits per heavy atom. The van der Waals surface area contributed by atoms with Gasteiger partial charge < -0.3 is 9.64 Å². The van der Waals surface area contributed by atoms with Gasteiger partial charge in [-0.15, -0.1) is 5.73 Å². The van der Waals surface area contributed by atoms with Gasteiger partial charge in [0.2, 0.25) is 0 Å². The lowest BCUT2D eigenvalue weighted by atomic mass is 10.5. The zero-order chi connectivity index (χ0) is 8.69. The van der Waals surface area contributed by atoms with Crippen LogP contribution in [0.2, 0.25) is 0 Å². The Morgan fingerprint density at radius 1 is 1.64 bits per heavy atom. The van der Waals surface area contributed by atoms with Crippen molar-refractivity contribution in [2.45, 2.75) is 0 Å². The van der Waals surface area contributed by atoms with Gasteiger partial charge in [-0.2, -0.15) is 0 Å². The lowest BCUT2D eigenvalue weighted by Gasteiger charge is -1.99. The van der Waals surface area contributed by atoms with Crippen molar-refractivity contribution in [3.8, 4) is 0 Å². The largest absolute Gasteiger partial charge is 0.379 e. The van der Waals surface area contributed by atoms with Crippen LogP contribution < -0.4 is 4.90 Å². The van der Waals surface area contributed by atoms with Gasteiger partial charge in [0, 0.05) is 13.2 Å². The summed E-state index contributed by atoms with van der Waals surface area (Å²) in [6.45, 7) is 1.58. The Labute approximate surface area is 76.7 Å². The highest BCUT2D eigenvalue weighted by atomic mass is 79.9. The first kappa shape index (κ1) is 10.9. The fourth-order valence-corrected chi connectivity index (χ4v) is 0.925. The van der Waals surface area contributed by atoms with E-state index >= 15 is 0 Å². The summed E-state index contributed by atoms with van der Waals surface area (Å²) >= 11 is 3.33. The van der Waals surface area contributed by atoms with E-state index in [2.05, 4.69) is 35.8 Å². The number of methoxy groups -OCH3 is 1. The molecule has 0 bridgehead atoms. The molecule has 64 valence electrons. The third kappa shape index (κ3) is 7.82. The molecule has 0 aromatic rings. The maximum Gasteiger partial charge on any atom is 0.103 e. The normalized spacial score (nSPS) is 9.55. The van der Waals surface area contributed by atoms with Crippen LogP contribution in [0, 0.1) is 0 Å². The van der Waals surface area contributed by atoms with E-state index in [4.69, 9.17) is 4.74 Å². The zero-order valence-electron chi connectivity index (χ0n) is 7.28. The molecule has 0 unspecified atom stereocenters. The summed E-state index contributed by atoms with van der Waals surface area (Å²) < 4.78 is 5.85. The average Bonchev–Trinajstić information content (AvgIpc) is 1.87. The quantitative estimate of drug-likeness (QED) is 0.670. The van der Waals surface area contributed by atoms with Gasteiger partial charge in [-0.25, -0.2) is 0 Å². The van der Waals surface area contributed by atoms with Gasteiger partial charge in [-0.3, -0.25) is 0 Å². The van der Waals surface area contributed by atoms with Gasteiger partial charge in [0.25, 0.3) is 0 Å². The summed E-state index contributed by atoms with van der Waals surface area (Å²) in [5, 5.41) is 0. The van der Waals surface area contributed by atoms with Crippen molar-refractivity contribution in [2.75, 3.05) is 34.4 Å². The van der Waals surface area contributed by atoms with E-state index in [1.165, 1.54) is 4.90 Å². The molecule has 0 spiro atoms. The molecule has 0 aromatic carbocycles. The van der Waals surface area contributed by atoms with Gasteiger partial charge in [0.15, 0.2) is 0 Å². The van der Waals surface area contributed by atoms with Crippen molar-refractivity contribution in [3.63, 3.8) is 0 Å². The highest BCUT2D eigenvalue weighted by Crippen LogP contribution is 2.00. The minimum absolute atomic E-state index is 0.596. The summed E-state index contributed by atoms with van der Waals surface area (Å²) in [6.07, 6.45) is 2.00. The Kier molecular flexibility index (Phi) is 6.57. The third-order valence-electron chi connectivity index (χ3n) is 1.04. The van der Waals surface area contributed by atoms with Gasteiger partial charge in [-0.1, -0.05) is 0 Å². The van der Waals surface area contributed by atoms with Crippen molar-refractivity contribution in [3.05, 3.63) is 16.3 Å². The number of ether oxygens (including phenoxy) is 1. The SMILES string of the molecule is COCC(Br)=C=CC[NH+](C)C. The van der Waals surface area contributed by atoms with Gasteiger partial charge >= 0.3 is 0 Å². The summed E-state index contributed by atoms with van der Waals surface area (Å²) in [4.78, 5) is 1.38.